The van der Waals surface area contributed by atoms with E-state index in [4.69, 9.17) is 4.74 Å². The number of anilines is 1. The van der Waals surface area contributed by atoms with Crippen LogP contribution in [0.1, 0.15) is 51.9 Å². The predicted molar refractivity (Wildman–Crippen MR) is 116 cm³/mol. The van der Waals surface area contributed by atoms with E-state index in [1.165, 1.54) is 35.7 Å². The summed E-state index contributed by atoms with van der Waals surface area (Å²) in [7, 11) is -1.82. The Morgan fingerprint density at radius 1 is 1.13 bits per heavy atom. The number of piperidine rings is 1. The Morgan fingerprint density at radius 2 is 1.81 bits per heavy atom. The number of carbonyl (C=O) groups excluding carboxylic acids is 2. The van der Waals surface area contributed by atoms with Gasteiger partial charge in [-0.1, -0.05) is 19.3 Å². The van der Waals surface area contributed by atoms with Crippen LogP contribution in [0.4, 0.5) is 5.69 Å². The molecule has 2 heterocycles. The first-order chi connectivity index (χ1) is 14.8. The second-order valence-corrected chi connectivity index (χ2v) is 10.8. The highest BCUT2D eigenvalue weighted by Gasteiger charge is 2.35. The van der Waals surface area contributed by atoms with Gasteiger partial charge in [-0.05, 0) is 50.8 Å². The van der Waals surface area contributed by atoms with Gasteiger partial charge in [0.25, 0.3) is 5.91 Å². The predicted octanol–water partition coefficient (Wildman–Crippen LogP) is 2.60. The quantitative estimate of drug-likeness (QED) is 0.762. The zero-order chi connectivity index (χ0) is 22.2. The molecule has 1 aromatic carbocycles. The molecule has 170 valence electrons. The molecule has 1 aliphatic carbocycles. The van der Waals surface area contributed by atoms with Crippen LogP contribution in [-0.2, 0) is 19.6 Å². The van der Waals surface area contributed by atoms with Crippen LogP contribution in [0.3, 0.4) is 0 Å². The molecule has 2 aliphatic heterocycles. The molecule has 31 heavy (non-hydrogen) atoms. The average molecular weight is 450 g/mol. The fourth-order valence-corrected chi connectivity index (χ4v) is 6.27. The lowest BCUT2D eigenvalue weighted by atomic mass is 9.91. The third-order valence-electron chi connectivity index (χ3n) is 6.79. The number of amides is 2. The molecule has 3 aliphatic rings. The van der Waals surface area contributed by atoms with E-state index in [0.717, 1.165) is 12.8 Å². The number of benzene rings is 1. The number of hydrogen-bond donors (Lipinski definition) is 1. The van der Waals surface area contributed by atoms with Crippen LogP contribution in [0.25, 0.3) is 0 Å². The van der Waals surface area contributed by atoms with Gasteiger partial charge >= 0.3 is 0 Å². The van der Waals surface area contributed by atoms with Crippen LogP contribution in [0.15, 0.2) is 23.1 Å². The van der Waals surface area contributed by atoms with E-state index in [1.54, 1.807) is 13.0 Å². The molecule has 4 rings (SSSR count). The summed E-state index contributed by atoms with van der Waals surface area (Å²) in [5, 5.41) is 2.69. The van der Waals surface area contributed by atoms with Crippen molar-refractivity contribution in [2.75, 3.05) is 25.5 Å². The van der Waals surface area contributed by atoms with Gasteiger partial charge in [0.05, 0.1) is 10.6 Å². The first-order valence-corrected chi connectivity index (χ1v) is 12.6. The first kappa shape index (κ1) is 22.1. The number of fused-ring (bicyclic) bond motifs is 1. The molecule has 9 heteroatoms. The highest BCUT2D eigenvalue weighted by molar-refractivity contribution is 7.89. The summed E-state index contributed by atoms with van der Waals surface area (Å²) in [6.07, 6.45) is 6.15. The van der Waals surface area contributed by atoms with E-state index in [2.05, 4.69) is 5.32 Å². The molecule has 1 atom stereocenters. The molecule has 1 saturated carbocycles. The normalized spacial score (nSPS) is 23.5. The Kier molecular flexibility index (Phi) is 6.25. The Balaban J connectivity index is 1.40. The maximum Gasteiger partial charge on any atom is 0.265 e. The molecule has 2 fully saturated rings. The summed E-state index contributed by atoms with van der Waals surface area (Å²) in [4.78, 5) is 26.8. The molecular weight excluding hydrogens is 418 g/mol. The maximum absolute atomic E-state index is 13.2. The van der Waals surface area contributed by atoms with E-state index < -0.39 is 16.1 Å². The molecule has 1 N–H and O–H groups in total. The van der Waals surface area contributed by atoms with E-state index in [0.29, 0.717) is 43.4 Å². The molecule has 0 aromatic heterocycles. The van der Waals surface area contributed by atoms with Crippen molar-refractivity contribution in [1.82, 2.24) is 9.21 Å². The van der Waals surface area contributed by atoms with Crippen LogP contribution in [0.5, 0.6) is 5.75 Å². The van der Waals surface area contributed by atoms with E-state index in [9.17, 15) is 18.0 Å². The number of hydrogen-bond acceptors (Lipinski definition) is 5. The van der Waals surface area contributed by atoms with E-state index in [-0.39, 0.29) is 22.6 Å². The van der Waals surface area contributed by atoms with Crippen molar-refractivity contribution in [3.8, 4) is 5.75 Å². The van der Waals surface area contributed by atoms with Crippen LogP contribution < -0.4 is 10.1 Å². The topological polar surface area (TPSA) is 96.0 Å². The largest absolute Gasteiger partial charge is 0.479 e. The van der Waals surface area contributed by atoms with Gasteiger partial charge in [-0.25, -0.2) is 8.42 Å². The second-order valence-electron chi connectivity index (χ2n) is 8.83. The van der Waals surface area contributed by atoms with Crippen molar-refractivity contribution in [2.45, 2.75) is 68.9 Å². The Morgan fingerprint density at radius 3 is 2.48 bits per heavy atom. The van der Waals surface area contributed by atoms with Gasteiger partial charge in [-0.15, -0.1) is 0 Å². The second kappa shape index (κ2) is 8.78. The SMILES string of the molecule is C[C@H]1Oc2ccc(S(=O)(=O)N3CCC(C(=O)N(C)C4CCCCC4)CC3)cc2NC1=O. The minimum absolute atomic E-state index is 0.119. The van der Waals surface area contributed by atoms with Crippen molar-refractivity contribution in [2.24, 2.45) is 5.92 Å². The average Bonchev–Trinajstić information content (AvgIpc) is 2.79. The van der Waals surface area contributed by atoms with E-state index >= 15 is 0 Å². The van der Waals surface area contributed by atoms with Gasteiger partial charge in [-0.3, -0.25) is 9.59 Å². The minimum atomic E-state index is -3.71. The van der Waals surface area contributed by atoms with Crippen molar-refractivity contribution in [3.05, 3.63) is 18.2 Å². The zero-order valence-electron chi connectivity index (χ0n) is 18.2. The van der Waals surface area contributed by atoms with Crippen molar-refractivity contribution >= 4 is 27.5 Å². The Bertz CT molecular complexity index is 950. The molecule has 8 nitrogen and oxygen atoms in total. The van der Waals surface area contributed by atoms with E-state index in [1.807, 2.05) is 11.9 Å². The highest BCUT2D eigenvalue weighted by Crippen LogP contribution is 2.34. The monoisotopic (exact) mass is 449 g/mol. The van der Waals surface area contributed by atoms with Crippen LogP contribution in [0.2, 0.25) is 0 Å². The molecular formula is C22H31N3O5S. The summed E-state index contributed by atoms with van der Waals surface area (Å²) in [5.74, 6) is 0.173. The summed E-state index contributed by atoms with van der Waals surface area (Å²) >= 11 is 0. The van der Waals surface area contributed by atoms with Gasteiger partial charge in [0.1, 0.15) is 5.75 Å². The highest BCUT2D eigenvalue weighted by atomic mass is 32.2. The molecule has 0 bridgehead atoms. The smallest absolute Gasteiger partial charge is 0.265 e. The fourth-order valence-electron chi connectivity index (χ4n) is 4.78. The maximum atomic E-state index is 13.2. The number of nitrogens with one attached hydrogen (secondary N) is 1. The first-order valence-electron chi connectivity index (χ1n) is 11.2. The van der Waals surface area contributed by atoms with Crippen LogP contribution >= 0.6 is 0 Å². The number of nitrogens with zero attached hydrogens (tertiary/aromatic N) is 2. The van der Waals surface area contributed by atoms with Gasteiger partial charge in [0.2, 0.25) is 15.9 Å². The number of sulfonamides is 1. The molecule has 1 saturated heterocycles. The van der Waals surface area contributed by atoms with Gasteiger partial charge in [0.15, 0.2) is 6.10 Å². The van der Waals surface area contributed by atoms with Crippen LogP contribution in [0, 0.1) is 5.92 Å². The third-order valence-corrected chi connectivity index (χ3v) is 8.69. The minimum Gasteiger partial charge on any atom is -0.479 e. The Labute approximate surface area is 184 Å². The van der Waals surface area contributed by atoms with Crippen molar-refractivity contribution in [3.63, 3.8) is 0 Å². The lowest BCUT2D eigenvalue weighted by Crippen LogP contribution is -2.46. The summed E-state index contributed by atoms with van der Waals surface area (Å²) in [6, 6.07) is 4.85. The molecule has 2 amide bonds. The molecule has 0 unspecified atom stereocenters. The molecule has 0 radical (unpaired) electrons. The Hall–Kier alpha value is -2.13. The third kappa shape index (κ3) is 4.43. The van der Waals surface area contributed by atoms with Crippen molar-refractivity contribution < 1.29 is 22.7 Å². The molecule has 0 spiro atoms. The fraction of sp³-hybridized carbons (Fsp3) is 0.636. The number of rotatable bonds is 4. The zero-order valence-corrected chi connectivity index (χ0v) is 19.0. The number of carbonyl (C=O) groups is 2. The lowest BCUT2D eigenvalue weighted by Gasteiger charge is -2.36. The summed E-state index contributed by atoms with van der Waals surface area (Å²) in [5.41, 5.74) is 0.364. The van der Waals surface area contributed by atoms with Gasteiger partial charge < -0.3 is 15.0 Å². The van der Waals surface area contributed by atoms with Crippen LogP contribution in [-0.4, -0.2) is 61.7 Å². The molecule has 1 aromatic rings. The summed E-state index contributed by atoms with van der Waals surface area (Å²) in [6.45, 7) is 2.27. The van der Waals surface area contributed by atoms with Gasteiger partial charge in [-0.2, -0.15) is 4.31 Å². The number of ether oxygens (including phenoxy) is 1. The summed E-state index contributed by atoms with van der Waals surface area (Å²) < 4.78 is 33.3. The van der Waals surface area contributed by atoms with Gasteiger partial charge in [0, 0.05) is 32.1 Å². The van der Waals surface area contributed by atoms with Crippen molar-refractivity contribution in [1.29, 1.82) is 0 Å². The standard InChI is InChI=1S/C22H31N3O5S/c1-15-21(26)23-19-14-18(8-9-20(19)30-15)31(28,29)25-12-10-16(11-13-25)22(27)24(2)17-6-4-3-5-7-17/h8-9,14-17H,3-7,10-13H2,1-2H3,(H,23,26)/t15-/m1/s1. The lowest BCUT2D eigenvalue weighted by molar-refractivity contribution is -0.138.